The van der Waals surface area contributed by atoms with Crippen molar-refractivity contribution in [3.63, 3.8) is 0 Å². The summed E-state index contributed by atoms with van der Waals surface area (Å²) in [5, 5.41) is 8.47. The van der Waals surface area contributed by atoms with Crippen LogP contribution in [-0.2, 0) is 0 Å². The van der Waals surface area contributed by atoms with Gasteiger partial charge in [0, 0.05) is 16.9 Å². The molecule has 160 valence electrons. The number of amides is 1. The fourth-order valence-electron chi connectivity index (χ4n) is 3.61. The average molecular weight is 435 g/mol. The number of nitrogens with one attached hydrogen (secondary N) is 1. The van der Waals surface area contributed by atoms with E-state index in [1.54, 1.807) is 23.5 Å². The van der Waals surface area contributed by atoms with Crippen LogP contribution >= 0.6 is 11.3 Å². The summed E-state index contributed by atoms with van der Waals surface area (Å²) in [4.78, 5) is 17.7. The lowest BCUT2D eigenvalue weighted by Crippen LogP contribution is -2.14. The van der Waals surface area contributed by atoms with Crippen molar-refractivity contribution in [1.82, 2.24) is 14.8 Å². The first-order valence-electron chi connectivity index (χ1n) is 10.4. The molecular formula is C24H26N4O2S. The van der Waals surface area contributed by atoms with Gasteiger partial charge in [-0.2, -0.15) is 5.10 Å². The van der Waals surface area contributed by atoms with E-state index in [1.165, 1.54) is 0 Å². The van der Waals surface area contributed by atoms with E-state index in [2.05, 4.69) is 17.3 Å². The fraction of sp³-hybridized carbons (Fsp3) is 0.292. The first-order valence-corrected chi connectivity index (χ1v) is 11.2. The van der Waals surface area contributed by atoms with Gasteiger partial charge in [-0.3, -0.25) is 4.79 Å². The number of aromatic nitrogens is 3. The van der Waals surface area contributed by atoms with Gasteiger partial charge in [0.1, 0.15) is 5.75 Å². The molecule has 0 aliphatic rings. The van der Waals surface area contributed by atoms with Gasteiger partial charge < -0.3 is 10.1 Å². The molecule has 0 saturated carbocycles. The van der Waals surface area contributed by atoms with Crippen LogP contribution in [0.5, 0.6) is 5.75 Å². The zero-order chi connectivity index (χ0) is 22.1. The molecule has 0 atom stereocenters. The largest absolute Gasteiger partial charge is 0.494 e. The van der Waals surface area contributed by atoms with Crippen molar-refractivity contribution in [2.24, 2.45) is 0 Å². The second-order valence-corrected chi connectivity index (χ2v) is 8.68. The van der Waals surface area contributed by atoms with E-state index >= 15 is 0 Å². The van der Waals surface area contributed by atoms with Crippen LogP contribution in [0.3, 0.4) is 0 Å². The monoisotopic (exact) mass is 434 g/mol. The second kappa shape index (κ2) is 8.51. The number of nitrogens with zero attached hydrogens (tertiary/aromatic N) is 3. The standard InChI is InChI=1S/C24H26N4O2S/c1-6-10-30-19-9-7-8-18(13-19)23(29)26-21-14(2)11-20-22(17(21)5)31-24(25-20)28-16(4)12-15(3)27-28/h7-9,11-13H,6,10H2,1-5H3,(H,26,29). The number of carbonyl (C=O) groups excluding carboxylic acids is 1. The molecule has 1 amide bonds. The molecular weight excluding hydrogens is 408 g/mol. The summed E-state index contributed by atoms with van der Waals surface area (Å²) in [5.41, 5.74) is 6.29. The van der Waals surface area contributed by atoms with Crippen LogP contribution in [0, 0.1) is 27.7 Å². The third-order valence-electron chi connectivity index (χ3n) is 5.10. The summed E-state index contributed by atoms with van der Waals surface area (Å²) in [5.74, 6) is 0.547. The summed E-state index contributed by atoms with van der Waals surface area (Å²) in [6, 6.07) is 11.3. The van der Waals surface area contributed by atoms with Crippen molar-refractivity contribution in [3.05, 3.63) is 64.5 Å². The molecule has 7 heteroatoms. The Labute approximate surface area is 185 Å². The summed E-state index contributed by atoms with van der Waals surface area (Å²) in [6.45, 7) is 10.7. The van der Waals surface area contributed by atoms with Crippen LogP contribution in [-0.4, -0.2) is 27.3 Å². The molecule has 1 N–H and O–H groups in total. The number of hydrogen-bond acceptors (Lipinski definition) is 5. The van der Waals surface area contributed by atoms with Crippen molar-refractivity contribution < 1.29 is 9.53 Å². The van der Waals surface area contributed by atoms with Crippen molar-refractivity contribution in [3.8, 4) is 10.9 Å². The van der Waals surface area contributed by atoms with Gasteiger partial charge in [-0.25, -0.2) is 9.67 Å². The Bertz CT molecular complexity index is 1270. The van der Waals surface area contributed by atoms with E-state index in [-0.39, 0.29) is 5.91 Å². The highest BCUT2D eigenvalue weighted by atomic mass is 32.1. The van der Waals surface area contributed by atoms with Gasteiger partial charge in [-0.1, -0.05) is 24.3 Å². The number of ether oxygens (including phenoxy) is 1. The van der Waals surface area contributed by atoms with Crippen LogP contribution in [0.4, 0.5) is 5.69 Å². The number of aryl methyl sites for hydroxylation is 4. The summed E-state index contributed by atoms with van der Waals surface area (Å²) < 4.78 is 8.58. The molecule has 4 aromatic rings. The number of anilines is 1. The lowest BCUT2D eigenvalue weighted by molar-refractivity contribution is 0.102. The van der Waals surface area contributed by atoms with Crippen molar-refractivity contribution in [1.29, 1.82) is 0 Å². The van der Waals surface area contributed by atoms with E-state index in [9.17, 15) is 4.79 Å². The van der Waals surface area contributed by atoms with Crippen molar-refractivity contribution in [2.45, 2.75) is 41.0 Å². The third kappa shape index (κ3) is 4.18. The molecule has 0 spiro atoms. The van der Waals surface area contributed by atoms with Gasteiger partial charge in [0.25, 0.3) is 5.91 Å². The summed E-state index contributed by atoms with van der Waals surface area (Å²) >= 11 is 1.58. The molecule has 4 rings (SSSR count). The molecule has 0 saturated heterocycles. The van der Waals surface area contributed by atoms with Gasteiger partial charge in [-0.05, 0) is 75.6 Å². The molecule has 0 aliphatic heterocycles. The smallest absolute Gasteiger partial charge is 0.255 e. The van der Waals surface area contributed by atoms with Crippen LogP contribution in [0.1, 0.15) is 46.2 Å². The fourth-order valence-corrected chi connectivity index (χ4v) is 4.67. The molecule has 0 aliphatic carbocycles. The van der Waals surface area contributed by atoms with Gasteiger partial charge in [-0.15, -0.1) is 0 Å². The Morgan fingerprint density at radius 2 is 1.97 bits per heavy atom. The highest BCUT2D eigenvalue weighted by Crippen LogP contribution is 2.35. The quantitative estimate of drug-likeness (QED) is 0.419. The number of benzene rings is 2. The minimum Gasteiger partial charge on any atom is -0.494 e. The predicted octanol–water partition coefficient (Wildman–Crippen LogP) is 5.76. The van der Waals surface area contributed by atoms with Crippen molar-refractivity contribution >= 4 is 33.1 Å². The molecule has 0 fully saturated rings. The first kappa shape index (κ1) is 21.1. The zero-order valence-electron chi connectivity index (χ0n) is 18.4. The van der Waals surface area contributed by atoms with E-state index in [0.29, 0.717) is 17.9 Å². The highest BCUT2D eigenvalue weighted by Gasteiger charge is 2.17. The summed E-state index contributed by atoms with van der Waals surface area (Å²) in [6.07, 6.45) is 0.920. The second-order valence-electron chi connectivity index (χ2n) is 7.71. The van der Waals surface area contributed by atoms with E-state index < -0.39 is 0 Å². The molecule has 2 aromatic carbocycles. The lowest BCUT2D eigenvalue weighted by atomic mass is 10.1. The molecule has 6 nitrogen and oxygen atoms in total. The number of hydrogen-bond donors (Lipinski definition) is 1. The average Bonchev–Trinajstić information content (AvgIpc) is 3.31. The van der Waals surface area contributed by atoms with Crippen LogP contribution in [0.25, 0.3) is 15.3 Å². The van der Waals surface area contributed by atoms with E-state index in [0.717, 1.165) is 50.0 Å². The van der Waals surface area contributed by atoms with Crippen LogP contribution in [0.15, 0.2) is 36.4 Å². The number of fused-ring (bicyclic) bond motifs is 1. The maximum atomic E-state index is 13.0. The Morgan fingerprint density at radius 3 is 2.68 bits per heavy atom. The molecule has 0 unspecified atom stereocenters. The Morgan fingerprint density at radius 1 is 1.16 bits per heavy atom. The number of thiazole rings is 1. The van der Waals surface area contributed by atoms with Gasteiger partial charge in [0.05, 0.1) is 22.5 Å². The topological polar surface area (TPSA) is 69.0 Å². The SMILES string of the molecule is CCCOc1cccc(C(=O)Nc2c(C)cc3nc(-n4nc(C)cc4C)sc3c2C)c1. The van der Waals surface area contributed by atoms with E-state index in [4.69, 9.17) is 9.72 Å². The first-order chi connectivity index (χ1) is 14.9. The van der Waals surface area contributed by atoms with E-state index in [1.807, 2.05) is 56.6 Å². The minimum absolute atomic E-state index is 0.157. The van der Waals surface area contributed by atoms with Crippen LogP contribution < -0.4 is 10.1 Å². The maximum absolute atomic E-state index is 13.0. The molecule has 31 heavy (non-hydrogen) atoms. The maximum Gasteiger partial charge on any atom is 0.255 e. The molecule has 0 bridgehead atoms. The Balaban J connectivity index is 1.66. The van der Waals surface area contributed by atoms with Crippen LogP contribution in [0.2, 0.25) is 0 Å². The normalized spacial score (nSPS) is 11.1. The lowest BCUT2D eigenvalue weighted by Gasteiger charge is -2.13. The minimum atomic E-state index is -0.157. The van der Waals surface area contributed by atoms with Gasteiger partial charge >= 0.3 is 0 Å². The zero-order valence-corrected chi connectivity index (χ0v) is 19.3. The Kier molecular flexibility index (Phi) is 5.78. The predicted molar refractivity (Wildman–Crippen MR) is 126 cm³/mol. The molecule has 2 aromatic heterocycles. The van der Waals surface area contributed by atoms with Crippen molar-refractivity contribution in [2.75, 3.05) is 11.9 Å². The molecule has 0 radical (unpaired) electrons. The molecule has 2 heterocycles. The Hall–Kier alpha value is -3.19. The summed E-state index contributed by atoms with van der Waals surface area (Å²) in [7, 11) is 0. The van der Waals surface area contributed by atoms with Gasteiger partial charge in [0.2, 0.25) is 5.13 Å². The number of carbonyl (C=O) groups is 1. The van der Waals surface area contributed by atoms with Gasteiger partial charge in [0.15, 0.2) is 0 Å². The third-order valence-corrected chi connectivity index (χ3v) is 6.27. The number of rotatable bonds is 6. The highest BCUT2D eigenvalue weighted by molar-refractivity contribution is 7.21.